The standard InChI is InChI=1S/C27H22FN3O3/c28-23-17-29-16-15-22(23)18-11-13-21(14-12-18)30-26(32)25(31-27(33)34)24(19-7-3-1-4-8-19)20-9-5-2-6-10-20/h1-17,24-25,31H,(H,30,32)(H,33,34)/t25-/m0/s1. The highest BCUT2D eigenvalue weighted by atomic mass is 19.1. The van der Waals surface area contributed by atoms with Crippen LogP contribution in [0.3, 0.4) is 0 Å². The first-order chi connectivity index (χ1) is 16.5. The zero-order valence-electron chi connectivity index (χ0n) is 18.1. The highest BCUT2D eigenvalue weighted by Crippen LogP contribution is 2.29. The third-order valence-electron chi connectivity index (χ3n) is 5.45. The summed E-state index contributed by atoms with van der Waals surface area (Å²) in [5, 5.41) is 14.7. The summed E-state index contributed by atoms with van der Waals surface area (Å²) in [4.78, 5) is 28.7. The van der Waals surface area contributed by atoms with Crippen LogP contribution in [0.4, 0.5) is 14.9 Å². The van der Waals surface area contributed by atoms with Crippen LogP contribution in [-0.4, -0.2) is 28.1 Å². The van der Waals surface area contributed by atoms with E-state index in [1.165, 1.54) is 6.20 Å². The van der Waals surface area contributed by atoms with Gasteiger partial charge in [0.1, 0.15) is 11.9 Å². The van der Waals surface area contributed by atoms with Gasteiger partial charge in [0.2, 0.25) is 5.91 Å². The molecular weight excluding hydrogens is 433 g/mol. The zero-order chi connectivity index (χ0) is 23.9. The molecule has 0 unspecified atom stereocenters. The van der Waals surface area contributed by atoms with Crippen molar-refractivity contribution in [1.29, 1.82) is 0 Å². The lowest BCUT2D eigenvalue weighted by atomic mass is 9.84. The smallest absolute Gasteiger partial charge is 0.405 e. The molecule has 0 radical (unpaired) electrons. The Bertz CT molecular complexity index is 1230. The van der Waals surface area contributed by atoms with Crippen LogP contribution in [-0.2, 0) is 4.79 Å². The monoisotopic (exact) mass is 455 g/mol. The Morgan fingerprint density at radius 3 is 1.94 bits per heavy atom. The number of rotatable bonds is 7. The van der Waals surface area contributed by atoms with E-state index in [0.717, 1.165) is 17.3 Å². The Balaban J connectivity index is 1.63. The summed E-state index contributed by atoms with van der Waals surface area (Å²) in [6.45, 7) is 0. The number of aromatic nitrogens is 1. The second-order valence-electron chi connectivity index (χ2n) is 7.65. The lowest BCUT2D eigenvalue weighted by Gasteiger charge is -2.27. The molecule has 1 atom stereocenters. The van der Waals surface area contributed by atoms with E-state index >= 15 is 0 Å². The molecule has 7 heteroatoms. The minimum Gasteiger partial charge on any atom is -0.465 e. The van der Waals surface area contributed by atoms with Crippen LogP contribution in [0, 0.1) is 5.82 Å². The minimum absolute atomic E-state index is 0.395. The summed E-state index contributed by atoms with van der Waals surface area (Å²) in [6.07, 6.45) is 1.34. The first-order valence-electron chi connectivity index (χ1n) is 10.6. The fourth-order valence-corrected chi connectivity index (χ4v) is 3.89. The SMILES string of the molecule is O=C(O)N[C@H](C(=O)Nc1ccc(-c2ccncc2F)cc1)C(c1ccccc1)c1ccccc1. The van der Waals surface area contributed by atoms with Crippen molar-refractivity contribution in [3.63, 3.8) is 0 Å². The molecule has 34 heavy (non-hydrogen) atoms. The summed E-state index contributed by atoms with van der Waals surface area (Å²) in [7, 11) is 0. The molecule has 0 spiro atoms. The highest BCUT2D eigenvalue weighted by molar-refractivity contribution is 5.97. The van der Waals surface area contributed by atoms with Crippen LogP contribution in [0.5, 0.6) is 0 Å². The molecule has 1 aromatic heterocycles. The Hall–Kier alpha value is -4.52. The van der Waals surface area contributed by atoms with E-state index in [2.05, 4.69) is 15.6 Å². The molecule has 0 fully saturated rings. The van der Waals surface area contributed by atoms with Crippen molar-refractivity contribution in [2.45, 2.75) is 12.0 Å². The fraction of sp³-hybridized carbons (Fsp3) is 0.0741. The number of halogens is 1. The van der Waals surface area contributed by atoms with Crippen LogP contribution in [0.25, 0.3) is 11.1 Å². The molecule has 3 N–H and O–H groups in total. The first-order valence-corrected chi connectivity index (χ1v) is 10.6. The summed E-state index contributed by atoms with van der Waals surface area (Å²) < 4.78 is 14.0. The predicted octanol–water partition coefficient (Wildman–Crippen LogP) is 5.29. The number of nitrogens with one attached hydrogen (secondary N) is 2. The molecule has 0 bridgehead atoms. The van der Waals surface area contributed by atoms with Gasteiger partial charge >= 0.3 is 6.09 Å². The van der Waals surface area contributed by atoms with Crippen LogP contribution < -0.4 is 10.6 Å². The van der Waals surface area contributed by atoms with Crippen molar-refractivity contribution in [2.24, 2.45) is 0 Å². The normalized spacial score (nSPS) is 11.6. The second kappa shape index (κ2) is 10.4. The summed E-state index contributed by atoms with van der Waals surface area (Å²) in [5.74, 6) is -1.51. The summed E-state index contributed by atoms with van der Waals surface area (Å²) >= 11 is 0. The average Bonchev–Trinajstić information content (AvgIpc) is 2.86. The topological polar surface area (TPSA) is 91.3 Å². The van der Waals surface area contributed by atoms with Gasteiger partial charge in [-0.3, -0.25) is 9.78 Å². The Morgan fingerprint density at radius 1 is 0.824 bits per heavy atom. The van der Waals surface area contributed by atoms with Crippen molar-refractivity contribution in [2.75, 3.05) is 5.32 Å². The molecule has 1 heterocycles. The molecule has 4 aromatic rings. The van der Waals surface area contributed by atoms with Gasteiger partial charge < -0.3 is 15.7 Å². The van der Waals surface area contributed by atoms with E-state index in [-0.39, 0.29) is 0 Å². The van der Waals surface area contributed by atoms with E-state index in [9.17, 15) is 19.1 Å². The van der Waals surface area contributed by atoms with Crippen molar-refractivity contribution in [3.05, 3.63) is 120 Å². The molecule has 170 valence electrons. The summed E-state index contributed by atoms with van der Waals surface area (Å²) in [5.41, 5.74) is 3.08. The average molecular weight is 455 g/mol. The molecule has 0 saturated carbocycles. The maximum Gasteiger partial charge on any atom is 0.405 e. The quantitative estimate of drug-likeness (QED) is 0.353. The Labute approximate surface area is 196 Å². The number of carbonyl (C=O) groups is 2. The zero-order valence-corrected chi connectivity index (χ0v) is 18.1. The van der Waals surface area contributed by atoms with E-state index in [1.807, 2.05) is 60.7 Å². The van der Waals surface area contributed by atoms with Gasteiger partial charge in [0, 0.05) is 23.4 Å². The lowest BCUT2D eigenvalue weighted by Crippen LogP contribution is -2.47. The minimum atomic E-state index is -1.31. The van der Waals surface area contributed by atoms with Crippen molar-refractivity contribution < 1.29 is 19.1 Å². The molecular formula is C27H22FN3O3. The molecule has 0 aliphatic rings. The van der Waals surface area contributed by atoms with Gasteiger partial charge in [-0.2, -0.15) is 0 Å². The lowest BCUT2D eigenvalue weighted by molar-refractivity contribution is -0.118. The van der Waals surface area contributed by atoms with Gasteiger partial charge in [-0.25, -0.2) is 9.18 Å². The molecule has 0 aliphatic carbocycles. The van der Waals surface area contributed by atoms with Crippen LogP contribution in [0.1, 0.15) is 17.0 Å². The molecule has 6 nitrogen and oxygen atoms in total. The van der Waals surface area contributed by atoms with E-state index in [1.54, 1.807) is 30.3 Å². The van der Waals surface area contributed by atoms with Gasteiger partial charge in [-0.1, -0.05) is 72.8 Å². The largest absolute Gasteiger partial charge is 0.465 e. The van der Waals surface area contributed by atoms with Crippen LogP contribution in [0.15, 0.2) is 103 Å². The number of amides is 2. The first kappa shape index (κ1) is 22.7. The number of nitrogens with zero attached hydrogens (tertiary/aromatic N) is 1. The highest BCUT2D eigenvalue weighted by Gasteiger charge is 2.32. The van der Waals surface area contributed by atoms with Crippen LogP contribution >= 0.6 is 0 Å². The molecule has 0 saturated heterocycles. The van der Waals surface area contributed by atoms with Gasteiger partial charge in [-0.15, -0.1) is 0 Å². The van der Waals surface area contributed by atoms with E-state index < -0.39 is 29.8 Å². The number of pyridine rings is 1. The maximum atomic E-state index is 14.0. The third-order valence-corrected chi connectivity index (χ3v) is 5.45. The van der Waals surface area contributed by atoms with Gasteiger partial charge in [0.05, 0.1) is 6.20 Å². The second-order valence-corrected chi connectivity index (χ2v) is 7.65. The Morgan fingerprint density at radius 2 is 1.41 bits per heavy atom. The fourth-order valence-electron chi connectivity index (χ4n) is 3.89. The van der Waals surface area contributed by atoms with Crippen molar-refractivity contribution in [3.8, 4) is 11.1 Å². The Kier molecular flexibility index (Phi) is 6.93. The van der Waals surface area contributed by atoms with Gasteiger partial charge in [-0.05, 0) is 34.9 Å². The predicted molar refractivity (Wildman–Crippen MR) is 128 cm³/mol. The molecule has 4 rings (SSSR count). The number of carbonyl (C=O) groups excluding carboxylic acids is 1. The molecule has 0 aliphatic heterocycles. The van der Waals surface area contributed by atoms with E-state index in [0.29, 0.717) is 16.8 Å². The number of hydrogen-bond donors (Lipinski definition) is 3. The third kappa shape index (κ3) is 5.27. The van der Waals surface area contributed by atoms with Gasteiger partial charge in [0.25, 0.3) is 0 Å². The molecule has 3 aromatic carbocycles. The number of hydrogen-bond acceptors (Lipinski definition) is 3. The van der Waals surface area contributed by atoms with Crippen molar-refractivity contribution in [1.82, 2.24) is 10.3 Å². The summed E-state index contributed by atoms with van der Waals surface area (Å²) in [6, 6.07) is 25.7. The van der Waals surface area contributed by atoms with E-state index in [4.69, 9.17) is 0 Å². The maximum absolute atomic E-state index is 14.0. The number of carboxylic acid groups (broad SMARTS) is 1. The van der Waals surface area contributed by atoms with Gasteiger partial charge in [0.15, 0.2) is 0 Å². The number of anilines is 1. The van der Waals surface area contributed by atoms with Crippen LogP contribution in [0.2, 0.25) is 0 Å². The molecule has 2 amide bonds. The van der Waals surface area contributed by atoms with Crippen molar-refractivity contribution >= 4 is 17.7 Å². The number of benzene rings is 3.